The lowest BCUT2D eigenvalue weighted by atomic mass is 9.93. The van der Waals surface area contributed by atoms with E-state index in [4.69, 9.17) is 4.74 Å². The van der Waals surface area contributed by atoms with E-state index in [1.54, 1.807) is 25.7 Å². The minimum absolute atomic E-state index is 0.0854. The summed E-state index contributed by atoms with van der Waals surface area (Å²) in [6.45, 7) is 9.71. The molecule has 1 aromatic carbocycles. The van der Waals surface area contributed by atoms with Crippen molar-refractivity contribution in [3.05, 3.63) is 35.4 Å². The number of hydrogen-bond donors (Lipinski definition) is 3. The highest BCUT2D eigenvalue weighted by atomic mass is 16.6. The first kappa shape index (κ1) is 29.1. The van der Waals surface area contributed by atoms with Crippen LogP contribution < -0.4 is 10.6 Å². The maximum atomic E-state index is 14.3. The zero-order chi connectivity index (χ0) is 29.9. The molecule has 3 N–H and O–H groups in total. The fraction of sp³-hybridized carbons (Fsp3) is 0.645. The van der Waals surface area contributed by atoms with Crippen molar-refractivity contribution in [3.63, 3.8) is 0 Å². The molecule has 10 nitrogen and oxygen atoms in total. The van der Waals surface area contributed by atoms with Crippen LogP contribution in [0, 0.1) is 29.1 Å². The van der Waals surface area contributed by atoms with Crippen molar-refractivity contribution >= 4 is 29.7 Å². The Morgan fingerprint density at radius 3 is 2.20 bits per heavy atom. The van der Waals surface area contributed by atoms with E-state index in [2.05, 4.69) is 24.5 Å². The Hall–Kier alpha value is -3.43. The van der Waals surface area contributed by atoms with Gasteiger partial charge in [-0.25, -0.2) is 9.59 Å². The number of piperidine rings is 1. The predicted octanol–water partition coefficient (Wildman–Crippen LogP) is 2.72. The molecule has 5 atom stereocenters. The normalized spacial score (nSPS) is 25.9. The number of nitrogens with zero attached hydrogens (tertiary/aromatic N) is 1. The van der Waals surface area contributed by atoms with Crippen LogP contribution in [0.4, 0.5) is 4.79 Å². The first-order chi connectivity index (χ1) is 19.2. The number of carboxylic acids is 1. The summed E-state index contributed by atoms with van der Waals surface area (Å²) in [5.74, 6) is -3.55. The summed E-state index contributed by atoms with van der Waals surface area (Å²) in [5.41, 5.74) is 1.30. The van der Waals surface area contributed by atoms with Gasteiger partial charge < -0.3 is 25.4 Å². The van der Waals surface area contributed by atoms with E-state index in [0.29, 0.717) is 19.4 Å². The molecule has 1 aliphatic heterocycles. The van der Waals surface area contributed by atoms with Gasteiger partial charge in [-0.15, -0.1) is 0 Å². The summed E-state index contributed by atoms with van der Waals surface area (Å²) in [5, 5.41) is 14.9. The lowest BCUT2D eigenvalue weighted by Crippen LogP contribution is -2.59. The molecule has 1 aromatic rings. The third-order valence-corrected chi connectivity index (χ3v) is 9.36. The SMILES string of the molecule is CC(C)(C)OC(=O)N[C@H](C(=O)N1CC2C([C@H]1C(=O)NC(CC1CC1)C(=O)C(=O)O)C2(C)C)C1Cc2ccccc2C1. The van der Waals surface area contributed by atoms with Crippen LogP contribution in [0.3, 0.4) is 0 Å². The molecule has 1 heterocycles. The van der Waals surface area contributed by atoms with Gasteiger partial charge in [0.05, 0.1) is 6.04 Å². The quantitative estimate of drug-likeness (QED) is 0.390. The Morgan fingerprint density at radius 1 is 1.05 bits per heavy atom. The molecule has 1 saturated heterocycles. The topological polar surface area (TPSA) is 142 Å². The van der Waals surface area contributed by atoms with Gasteiger partial charge in [-0.1, -0.05) is 51.0 Å². The smallest absolute Gasteiger partial charge is 0.408 e. The Morgan fingerprint density at radius 2 is 1.66 bits per heavy atom. The lowest BCUT2D eigenvalue weighted by molar-refractivity contribution is -0.151. The Bertz CT molecular complexity index is 1240. The fourth-order valence-corrected chi connectivity index (χ4v) is 6.96. The maximum absolute atomic E-state index is 14.3. The standard InChI is InChI=1S/C31H41N3O7/c1-30(2,3)41-29(40)33-23(19-13-17-8-6-7-9-18(17)14-19)27(37)34-15-20-22(31(20,4)5)24(34)26(36)32-21(12-16-10-11-16)25(35)28(38)39/h6-9,16,19-24H,10-15H2,1-5H3,(H,32,36)(H,33,40)(H,38,39)/t20?,21?,22?,23-,24-/m0/s1. The number of rotatable bonds is 9. The number of Topliss-reactive ketones (excluding diaryl/α,β-unsaturated/α-hetero) is 1. The lowest BCUT2D eigenvalue weighted by Gasteiger charge is -2.35. The van der Waals surface area contributed by atoms with Gasteiger partial charge in [0, 0.05) is 6.54 Å². The van der Waals surface area contributed by atoms with E-state index in [-0.39, 0.29) is 41.4 Å². The summed E-state index contributed by atoms with van der Waals surface area (Å²) < 4.78 is 5.51. The summed E-state index contributed by atoms with van der Waals surface area (Å²) >= 11 is 0. The fourth-order valence-electron chi connectivity index (χ4n) is 6.96. The highest BCUT2D eigenvalue weighted by Crippen LogP contribution is 2.65. The number of benzene rings is 1. The van der Waals surface area contributed by atoms with Gasteiger partial charge in [0.15, 0.2) is 0 Å². The number of nitrogens with one attached hydrogen (secondary N) is 2. The van der Waals surface area contributed by atoms with Crippen molar-refractivity contribution in [3.8, 4) is 0 Å². The Labute approximate surface area is 240 Å². The highest BCUT2D eigenvalue weighted by molar-refractivity contribution is 6.35. The number of carbonyl (C=O) groups is 5. The van der Waals surface area contributed by atoms with Gasteiger partial charge in [-0.2, -0.15) is 0 Å². The van der Waals surface area contributed by atoms with Crippen molar-refractivity contribution in [2.45, 2.75) is 90.4 Å². The van der Waals surface area contributed by atoms with Crippen molar-refractivity contribution < 1.29 is 33.8 Å². The molecule has 0 spiro atoms. The van der Waals surface area contributed by atoms with Crippen molar-refractivity contribution in [2.24, 2.45) is 29.1 Å². The van der Waals surface area contributed by atoms with Crippen LogP contribution >= 0.6 is 0 Å². The molecule has 41 heavy (non-hydrogen) atoms. The zero-order valence-corrected chi connectivity index (χ0v) is 24.4. The van der Waals surface area contributed by atoms with Crippen LogP contribution in [0.1, 0.15) is 65.0 Å². The van der Waals surface area contributed by atoms with Crippen LogP contribution in [-0.4, -0.2) is 69.9 Å². The summed E-state index contributed by atoms with van der Waals surface area (Å²) in [6.07, 6.45) is 2.57. The van der Waals surface area contributed by atoms with Crippen LogP contribution in [0.15, 0.2) is 24.3 Å². The molecule has 5 rings (SSSR count). The number of amides is 3. The van der Waals surface area contributed by atoms with Crippen LogP contribution in [0.25, 0.3) is 0 Å². The number of likely N-dealkylation sites (tertiary alicyclic amines) is 1. The number of fused-ring (bicyclic) bond motifs is 2. The molecule has 0 radical (unpaired) electrons. The molecule has 0 aromatic heterocycles. The first-order valence-electron chi connectivity index (χ1n) is 14.6. The molecule has 222 valence electrons. The van der Waals surface area contributed by atoms with Crippen LogP contribution in [0.5, 0.6) is 0 Å². The molecule has 3 fully saturated rings. The number of carboxylic acid groups (broad SMARTS) is 1. The number of aliphatic carboxylic acids is 1. The number of carbonyl (C=O) groups excluding carboxylic acids is 4. The second kappa shape index (κ2) is 10.4. The second-order valence-corrected chi connectivity index (χ2v) is 13.9. The minimum Gasteiger partial charge on any atom is -0.475 e. The molecular formula is C31H41N3O7. The van der Waals surface area contributed by atoms with E-state index in [1.165, 1.54) is 0 Å². The van der Waals surface area contributed by atoms with E-state index < -0.39 is 47.5 Å². The number of alkyl carbamates (subject to hydrolysis) is 1. The summed E-state index contributed by atoms with van der Waals surface area (Å²) in [6, 6.07) is 5.03. The van der Waals surface area contributed by atoms with E-state index in [1.807, 2.05) is 24.3 Å². The predicted molar refractivity (Wildman–Crippen MR) is 149 cm³/mol. The average Bonchev–Trinajstić information content (AvgIpc) is 3.63. The van der Waals surface area contributed by atoms with Gasteiger partial charge >= 0.3 is 12.1 Å². The van der Waals surface area contributed by atoms with Crippen molar-refractivity contribution in [2.75, 3.05) is 6.54 Å². The van der Waals surface area contributed by atoms with E-state index in [9.17, 15) is 29.1 Å². The minimum atomic E-state index is -1.58. The number of ether oxygens (including phenoxy) is 1. The van der Waals surface area contributed by atoms with Gasteiger partial charge in [0.1, 0.15) is 17.7 Å². The summed E-state index contributed by atoms with van der Waals surface area (Å²) in [4.78, 5) is 66.5. The van der Waals surface area contributed by atoms with E-state index >= 15 is 0 Å². The van der Waals surface area contributed by atoms with Crippen molar-refractivity contribution in [1.82, 2.24) is 15.5 Å². The van der Waals surface area contributed by atoms with Gasteiger partial charge in [-0.3, -0.25) is 14.4 Å². The molecule has 3 unspecified atom stereocenters. The molecule has 0 bridgehead atoms. The molecule has 2 saturated carbocycles. The Balaban J connectivity index is 1.39. The third kappa shape index (κ3) is 5.97. The first-order valence-corrected chi connectivity index (χ1v) is 14.6. The molecule has 10 heteroatoms. The largest absolute Gasteiger partial charge is 0.475 e. The molecule has 3 aliphatic carbocycles. The highest BCUT2D eigenvalue weighted by Gasteiger charge is 2.70. The van der Waals surface area contributed by atoms with Crippen LogP contribution in [0.2, 0.25) is 0 Å². The zero-order valence-electron chi connectivity index (χ0n) is 24.4. The number of hydrogen-bond acceptors (Lipinski definition) is 6. The van der Waals surface area contributed by atoms with Gasteiger partial charge in [-0.05, 0) is 80.2 Å². The van der Waals surface area contributed by atoms with Gasteiger partial charge in [0.25, 0.3) is 5.78 Å². The summed E-state index contributed by atoms with van der Waals surface area (Å²) in [7, 11) is 0. The monoisotopic (exact) mass is 567 g/mol. The van der Waals surface area contributed by atoms with E-state index in [0.717, 1.165) is 24.0 Å². The Kier molecular flexibility index (Phi) is 7.40. The number of ketones is 1. The average molecular weight is 568 g/mol. The molecular weight excluding hydrogens is 526 g/mol. The van der Waals surface area contributed by atoms with Crippen LogP contribution in [-0.2, 0) is 36.8 Å². The van der Waals surface area contributed by atoms with Crippen molar-refractivity contribution in [1.29, 1.82) is 0 Å². The van der Waals surface area contributed by atoms with Gasteiger partial charge in [0.2, 0.25) is 11.8 Å². The second-order valence-electron chi connectivity index (χ2n) is 13.9. The third-order valence-electron chi connectivity index (χ3n) is 9.36. The maximum Gasteiger partial charge on any atom is 0.408 e. The molecule has 4 aliphatic rings. The molecule has 3 amide bonds.